The fourth-order valence-electron chi connectivity index (χ4n) is 8.57. The van der Waals surface area contributed by atoms with Crippen molar-refractivity contribution < 1.29 is 90.7 Å². The van der Waals surface area contributed by atoms with Crippen LogP contribution in [0.25, 0.3) is 0 Å². The van der Waals surface area contributed by atoms with E-state index in [0.29, 0.717) is 54.6 Å². The lowest BCUT2D eigenvalue weighted by Crippen LogP contribution is -2.56. The van der Waals surface area contributed by atoms with E-state index in [0.717, 1.165) is 25.1 Å². The molecule has 0 bridgehead atoms. The summed E-state index contributed by atoms with van der Waals surface area (Å²) in [5.74, 6) is -7.20. The fraction of sp³-hybridized carbons (Fsp3) is 0.385. The Labute approximate surface area is 368 Å². The first-order chi connectivity index (χ1) is 29.3. The van der Waals surface area contributed by atoms with Gasteiger partial charge in [0.25, 0.3) is 0 Å². The first-order valence-electron chi connectivity index (χ1n) is 18.2. The van der Waals surface area contributed by atoms with Gasteiger partial charge in [-0.25, -0.2) is 51.2 Å². The van der Waals surface area contributed by atoms with Crippen LogP contribution in [0.15, 0.2) is 94.7 Å². The average Bonchev–Trinajstić information content (AvgIpc) is 3.13. The Kier molecular flexibility index (Phi) is 13.4. The second-order valence-corrected chi connectivity index (χ2v) is 25.4. The second-order valence-electron chi connectivity index (χ2n) is 16.5. The minimum absolute atomic E-state index is 0.208. The van der Waals surface area contributed by atoms with Crippen molar-refractivity contribution >= 4 is 50.9 Å². The molecular formula is C39H32ClF13O8S4. The molecule has 26 heteroatoms. The van der Waals surface area contributed by atoms with Crippen molar-refractivity contribution in [2.24, 2.45) is 10.8 Å². The zero-order chi connectivity index (χ0) is 49.4. The van der Waals surface area contributed by atoms with E-state index in [1.807, 2.05) is 0 Å². The van der Waals surface area contributed by atoms with E-state index in [-0.39, 0.29) is 9.92 Å². The van der Waals surface area contributed by atoms with Gasteiger partial charge in [-0.05, 0) is 121 Å². The van der Waals surface area contributed by atoms with Crippen LogP contribution in [0, 0.1) is 34.1 Å². The highest BCUT2D eigenvalue weighted by atomic mass is 35.5. The van der Waals surface area contributed by atoms with E-state index in [9.17, 15) is 90.7 Å². The monoisotopic (exact) mass is 1040 g/mol. The maximum absolute atomic E-state index is 14.7. The first kappa shape index (κ1) is 52.0. The molecule has 0 N–H and O–H groups in total. The number of rotatable bonds is 10. The van der Waals surface area contributed by atoms with Crippen LogP contribution in [-0.2, 0) is 55.0 Å². The van der Waals surface area contributed by atoms with Gasteiger partial charge in [-0.1, -0.05) is 25.4 Å². The first-order valence-corrected chi connectivity index (χ1v) is 24.8. The third-order valence-corrected chi connectivity index (χ3v) is 19.8. The standard InChI is InChI=1S/C20H16F8O4S2.C19H16ClF5O4S2/c1-17(11-33(29,30)20(26,27)28)9-18(10-17,15-8-13(21)4-7-16(15)22)34(31,32)14-5-2-12(3-6-14)19(23,24)25;1-17(11-30(26,27)19(23,24)25)9-18(10-17,15-8-13(21)4-7-16(15)22)31(28,29)14-5-2-12(20)3-6-14/h2-8H,9-11H2,1H3;2-8H,9-11H2,1H3. The van der Waals surface area contributed by atoms with Gasteiger partial charge in [-0.3, -0.25) is 0 Å². The zero-order valence-corrected chi connectivity index (χ0v) is 37.0. The highest BCUT2D eigenvalue weighted by Crippen LogP contribution is 2.63. The summed E-state index contributed by atoms with van der Waals surface area (Å²) in [5.41, 5.74) is -17.1. The van der Waals surface area contributed by atoms with Crippen LogP contribution < -0.4 is 0 Å². The third-order valence-electron chi connectivity index (χ3n) is 11.1. The summed E-state index contributed by atoms with van der Waals surface area (Å²) in [7, 11) is -20.6. The summed E-state index contributed by atoms with van der Waals surface area (Å²) in [5, 5.41) is 0.208. The van der Waals surface area contributed by atoms with E-state index in [1.54, 1.807) is 0 Å². The van der Waals surface area contributed by atoms with Crippen LogP contribution in [0.3, 0.4) is 0 Å². The molecule has 6 rings (SSSR count). The molecular weight excluding hydrogens is 1010 g/mol. The zero-order valence-electron chi connectivity index (χ0n) is 33.0. The molecule has 2 aliphatic rings. The van der Waals surface area contributed by atoms with Crippen molar-refractivity contribution in [3.8, 4) is 0 Å². The van der Waals surface area contributed by atoms with Gasteiger partial charge in [0.1, 0.15) is 32.8 Å². The number of sulfone groups is 4. The average molecular weight is 1040 g/mol. The number of hydrogen-bond donors (Lipinski definition) is 0. The lowest BCUT2D eigenvalue weighted by Gasteiger charge is -2.54. The largest absolute Gasteiger partial charge is 0.497 e. The van der Waals surface area contributed by atoms with E-state index in [1.165, 1.54) is 19.1 Å². The summed E-state index contributed by atoms with van der Waals surface area (Å²) in [6.07, 6.45) is -7.80. The molecule has 4 aromatic rings. The second kappa shape index (κ2) is 16.7. The summed E-state index contributed by atoms with van der Waals surface area (Å²) < 4.78 is 269. The fourth-order valence-corrected chi connectivity index (χ4v) is 16.2. The molecule has 0 atom stereocenters. The number of halogens is 14. The molecule has 8 nitrogen and oxygen atoms in total. The topological polar surface area (TPSA) is 137 Å². The Balaban J connectivity index is 0.000000245. The van der Waals surface area contributed by atoms with Crippen molar-refractivity contribution in [1.29, 1.82) is 0 Å². The van der Waals surface area contributed by atoms with Gasteiger partial charge >= 0.3 is 17.2 Å². The van der Waals surface area contributed by atoms with Gasteiger partial charge in [0.15, 0.2) is 19.7 Å². The van der Waals surface area contributed by atoms with Crippen molar-refractivity contribution in [3.63, 3.8) is 0 Å². The Morgan fingerprint density at radius 2 is 0.800 bits per heavy atom. The molecule has 358 valence electrons. The summed E-state index contributed by atoms with van der Waals surface area (Å²) >= 11 is 5.77. The predicted octanol–water partition coefficient (Wildman–Crippen LogP) is 10.4. The molecule has 0 spiro atoms. The molecule has 2 aliphatic carbocycles. The number of hydrogen-bond acceptors (Lipinski definition) is 8. The summed E-state index contributed by atoms with van der Waals surface area (Å²) in [6.45, 7) is 2.22. The van der Waals surface area contributed by atoms with Crippen LogP contribution in [0.1, 0.15) is 56.2 Å². The van der Waals surface area contributed by atoms with Crippen molar-refractivity contribution in [3.05, 3.63) is 130 Å². The third kappa shape index (κ3) is 9.76. The maximum Gasteiger partial charge on any atom is 0.497 e. The summed E-state index contributed by atoms with van der Waals surface area (Å²) in [4.78, 5) is -1.02. The summed E-state index contributed by atoms with van der Waals surface area (Å²) in [6, 6.07) is 10.8. The highest BCUT2D eigenvalue weighted by Gasteiger charge is 2.66. The predicted molar refractivity (Wildman–Crippen MR) is 208 cm³/mol. The Hall–Kier alpha value is -3.94. The normalized spacial score (nSPS) is 24.3. The SMILES string of the molecule is CC1(CS(=O)(=O)C(F)(F)F)CC(c2cc(F)ccc2F)(S(=O)(=O)c2ccc(C(F)(F)F)cc2)C1.CC1(CS(=O)(=O)C(F)(F)F)CC(c2cc(F)ccc2F)(S(=O)(=O)c2ccc(Cl)cc2)C1. The quantitative estimate of drug-likeness (QED) is 0.143. The van der Waals surface area contributed by atoms with Crippen LogP contribution in [0.4, 0.5) is 57.1 Å². The molecule has 0 heterocycles. The van der Waals surface area contributed by atoms with Crippen LogP contribution in [-0.4, -0.2) is 56.2 Å². The molecule has 0 unspecified atom stereocenters. The number of benzene rings is 4. The minimum Gasteiger partial charge on any atom is -0.223 e. The van der Waals surface area contributed by atoms with Crippen LogP contribution in [0.5, 0.6) is 0 Å². The Morgan fingerprint density at radius 1 is 0.492 bits per heavy atom. The highest BCUT2D eigenvalue weighted by molar-refractivity contribution is 7.93. The molecule has 2 saturated carbocycles. The van der Waals surface area contributed by atoms with Gasteiger partial charge in [0, 0.05) is 16.1 Å². The Bertz CT molecular complexity index is 2930. The van der Waals surface area contributed by atoms with Gasteiger partial charge < -0.3 is 0 Å². The van der Waals surface area contributed by atoms with Gasteiger partial charge in [-0.2, -0.15) is 39.5 Å². The molecule has 4 aromatic carbocycles. The maximum atomic E-state index is 14.7. The smallest absolute Gasteiger partial charge is 0.223 e. The molecule has 0 aliphatic heterocycles. The van der Waals surface area contributed by atoms with E-state index >= 15 is 0 Å². The molecule has 65 heavy (non-hydrogen) atoms. The molecule has 0 radical (unpaired) electrons. The van der Waals surface area contributed by atoms with E-state index in [2.05, 4.69) is 0 Å². The van der Waals surface area contributed by atoms with Crippen LogP contribution in [0.2, 0.25) is 5.02 Å². The van der Waals surface area contributed by atoms with Crippen LogP contribution >= 0.6 is 11.6 Å². The lowest BCUT2D eigenvalue weighted by atomic mass is 9.61. The molecule has 2 fully saturated rings. The van der Waals surface area contributed by atoms with E-state index < -0.39 is 159 Å². The van der Waals surface area contributed by atoms with Gasteiger partial charge in [0.2, 0.25) is 19.7 Å². The van der Waals surface area contributed by atoms with Crippen molar-refractivity contribution in [2.45, 2.75) is 76.0 Å². The van der Waals surface area contributed by atoms with E-state index in [4.69, 9.17) is 11.6 Å². The molecule has 0 aromatic heterocycles. The molecule has 0 saturated heterocycles. The molecule has 0 amide bonds. The van der Waals surface area contributed by atoms with Gasteiger partial charge in [-0.15, -0.1) is 0 Å². The number of alkyl halides is 9. The minimum atomic E-state index is -5.69. The van der Waals surface area contributed by atoms with Crippen molar-refractivity contribution in [2.75, 3.05) is 11.5 Å². The van der Waals surface area contributed by atoms with Crippen molar-refractivity contribution in [1.82, 2.24) is 0 Å². The Morgan fingerprint density at radius 3 is 1.09 bits per heavy atom. The van der Waals surface area contributed by atoms with Gasteiger partial charge in [0.05, 0.1) is 26.9 Å². The lowest BCUT2D eigenvalue weighted by molar-refractivity contribution is -0.137.